The summed E-state index contributed by atoms with van der Waals surface area (Å²) in [4.78, 5) is 21.6. The Bertz CT molecular complexity index is 899. The first-order valence-electron chi connectivity index (χ1n) is 6.88. The van der Waals surface area contributed by atoms with Crippen molar-refractivity contribution in [2.24, 2.45) is 0 Å². The molecule has 1 aliphatic carbocycles. The van der Waals surface area contributed by atoms with Gasteiger partial charge in [0.15, 0.2) is 5.65 Å². The first-order valence-corrected chi connectivity index (χ1v) is 7.25. The van der Waals surface area contributed by atoms with Gasteiger partial charge in [0.1, 0.15) is 11.2 Å². The Morgan fingerprint density at radius 3 is 2.71 bits per heavy atom. The van der Waals surface area contributed by atoms with Gasteiger partial charge in [-0.05, 0) is 31.0 Å². The van der Waals surface area contributed by atoms with Crippen LogP contribution in [0.1, 0.15) is 18.9 Å². The first-order chi connectivity index (χ1) is 10.3. The third kappa shape index (κ3) is 2.03. The number of hydrogen-bond acceptors (Lipinski definition) is 3. The summed E-state index contributed by atoms with van der Waals surface area (Å²) in [5, 5.41) is 0.535. The van der Waals surface area contributed by atoms with Gasteiger partial charge in [-0.2, -0.15) is 0 Å². The zero-order chi connectivity index (χ0) is 14.4. The molecule has 0 atom stereocenters. The fourth-order valence-corrected chi connectivity index (χ4v) is 2.77. The number of benzene rings is 1. The van der Waals surface area contributed by atoms with Crippen LogP contribution in [0.5, 0.6) is 0 Å². The molecule has 2 aromatic heterocycles. The molecule has 0 aliphatic heterocycles. The van der Waals surface area contributed by atoms with Crippen molar-refractivity contribution in [2.75, 3.05) is 0 Å². The maximum atomic E-state index is 12.8. The Labute approximate surface area is 126 Å². The lowest BCUT2D eigenvalue weighted by Gasteiger charge is -2.11. The lowest BCUT2D eigenvalue weighted by atomic mass is 10.1. The van der Waals surface area contributed by atoms with Crippen LogP contribution >= 0.6 is 11.6 Å². The highest BCUT2D eigenvalue weighted by Gasteiger charge is 2.28. The normalized spacial score (nSPS) is 14.5. The highest BCUT2D eigenvalue weighted by Crippen LogP contribution is 2.36. The average Bonchev–Trinajstić information content (AvgIpc) is 3.32. The lowest BCUT2D eigenvalue weighted by Crippen LogP contribution is -2.23. The van der Waals surface area contributed by atoms with E-state index in [0.29, 0.717) is 21.9 Å². The van der Waals surface area contributed by atoms with E-state index in [1.807, 2.05) is 30.3 Å². The summed E-state index contributed by atoms with van der Waals surface area (Å²) in [5.74, 6) is 0. The van der Waals surface area contributed by atoms with E-state index in [4.69, 9.17) is 11.6 Å². The monoisotopic (exact) mass is 297 g/mol. The highest BCUT2D eigenvalue weighted by atomic mass is 35.5. The Morgan fingerprint density at radius 1 is 1.14 bits per heavy atom. The van der Waals surface area contributed by atoms with Crippen molar-refractivity contribution in [3.63, 3.8) is 0 Å². The van der Waals surface area contributed by atoms with E-state index in [2.05, 4.69) is 9.97 Å². The summed E-state index contributed by atoms with van der Waals surface area (Å²) in [6.07, 6.45) is 3.71. The average molecular weight is 298 g/mol. The SMILES string of the molecule is O=c1c(-c2ccccc2Cl)nc2cccnc2n1C1CC1. The summed E-state index contributed by atoms with van der Waals surface area (Å²) < 4.78 is 1.76. The predicted octanol–water partition coefficient (Wildman–Crippen LogP) is 3.45. The van der Waals surface area contributed by atoms with Crippen molar-refractivity contribution < 1.29 is 0 Å². The molecular formula is C16H12ClN3O. The number of pyridine rings is 1. The van der Waals surface area contributed by atoms with E-state index in [0.717, 1.165) is 18.4 Å². The molecule has 0 unspecified atom stereocenters. The van der Waals surface area contributed by atoms with E-state index in [1.165, 1.54) is 0 Å². The standard InChI is InChI=1S/C16H12ClN3O/c17-12-5-2-1-4-11(12)14-16(21)20(10-7-8-10)15-13(19-14)6-3-9-18-15/h1-6,9-10H,7-8H2. The van der Waals surface area contributed by atoms with Crippen LogP contribution in [0.3, 0.4) is 0 Å². The van der Waals surface area contributed by atoms with Crippen LogP contribution in [0.4, 0.5) is 0 Å². The van der Waals surface area contributed by atoms with Gasteiger partial charge >= 0.3 is 0 Å². The highest BCUT2D eigenvalue weighted by molar-refractivity contribution is 6.33. The molecule has 2 heterocycles. The maximum absolute atomic E-state index is 12.8. The molecule has 4 rings (SSSR count). The molecule has 3 aromatic rings. The van der Waals surface area contributed by atoms with Crippen LogP contribution in [0.25, 0.3) is 22.4 Å². The zero-order valence-electron chi connectivity index (χ0n) is 11.2. The molecule has 0 spiro atoms. The van der Waals surface area contributed by atoms with Gasteiger partial charge in [0.2, 0.25) is 0 Å². The molecule has 4 nitrogen and oxygen atoms in total. The zero-order valence-corrected chi connectivity index (χ0v) is 11.9. The molecule has 1 fully saturated rings. The van der Waals surface area contributed by atoms with Gasteiger partial charge in [0, 0.05) is 17.8 Å². The number of aromatic nitrogens is 3. The second kappa shape index (κ2) is 4.67. The topological polar surface area (TPSA) is 47.8 Å². The van der Waals surface area contributed by atoms with Gasteiger partial charge in [0.25, 0.3) is 5.56 Å². The molecule has 0 N–H and O–H groups in total. The number of rotatable bonds is 2. The number of hydrogen-bond donors (Lipinski definition) is 0. The van der Waals surface area contributed by atoms with Crippen molar-refractivity contribution in [2.45, 2.75) is 18.9 Å². The summed E-state index contributed by atoms with van der Waals surface area (Å²) in [7, 11) is 0. The van der Waals surface area contributed by atoms with E-state index in [-0.39, 0.29) is 11.6 Å². The van der Waals surface area contributed by atoms with Crippen LogP contribution in [0.15, 0.2) is 47.4 Å². The summed E-state index contributed by atoms with van der Waals surface area (Å²) in [6, 6.07) is 11.2. The second-order valence-electron chi connectivity index (χ2n) is 5.19. The number of nitrogens with zero attached hydrogens (tertiary/aromatic N) is 3. The molecule has 1 aliphatic rings. The molecule has 104 valence electrons. The van der Waals surface area contributed by atoms with Crippen LogP contribution in [0.2, 0.25) is 5.02 Å². The minimum absolute atomic E-state index is 0.114. The van der Waals surface area contributed by atoms with Gasteiger partial charge in [-0.15, -0.1) is 0 Å². The quantitative estimate of drug-likeness (QED) is 0.728. The van der Waals surface area contributed by atoms with Gasteiger partial charge in [-0.1, -0.05) is 29.8 Å². The summed E-state index contributed by atoms with van der Waals surface area (Å²) in [5.41, 5.74) is 2.33. The second-order valence-corrected chi connectivity index (χ2v) is 5.60. The molecule has 0 bridgehead atoms. The Kier molecular flexibility index (Phi) is 2.79. The summed E-state index contributed by atoms with van der Waals surface area (Å²) in [6.45, 7) is 0. The fraction of sp³-hybridized carbons (Fsp3) is 0.188. The van der Waals surface area contributed by atoms with Gasteiger partial charge in [-0.25, -0.2) is 9.97 Å². The molecule has 5 heteroatoms. The predicted molar refractivity (Wildman–Crippen MR) is 82.5 cm³/mol. The minimum atomic E-state index is -0.114. The number of fused-ring (bicyclic) bond motifs is 1. The largest absolute Gasteiger partial charge is 0.286 e. The van der Waals surface area contributed by atoms with Crippen molar-refractivity contribution in [3.05, 3.63) is 58.0 Å². The van der Waals surface area contributed by atoms with Gasteiger partial charge in [-0.3, -0.25) is 9.36 Å². The van der Waals surface area contributed by atoms with E-state index in [9.17, 15) is 4.79 Å². The minimum Gasteiger partial charge on any atom is -0.286 e. The lowest BCUT2D eigenvalue weighted by molar-refractivity contribution is 0.726. The van der Waals surface area contributed by atoms with Crippen molar-refractivity contribution in [1.82, 2.24) is 14.5 Å². The van der Waals surface area contributed by atoms with E-state index >= 15 is 0 Å². The molecule has 1 saturated carbocycles. The summed E-state index contributed by atoms with van der Waals surface area (Å²) >= 11 is 6.23. The smallest absolute Gasteiger partial charge is 0.279 e. The van der Waals surface area contributed by atoms with E-state index < -0.39 is 0 Å². The third-order valence-electron chi connectivity index (χ3n) is 3.69. The fourth-order valence-electron chi connectivity index (χ4n) is 2.54. The van der Waals surface area contributed by atoms with Crippen LogP contribution in [-0.2, 0) is 0 Å². The van der Waals surface area contributed by atoms with Crippen molar-refractivity contribution in [3.8, 4) is 11.3 Å². The van der Waals surface area contributed by atoms with Crippen LogP contribution < -0.4 is 5.56 Å². The van der Waals surface area contributed by atoms with Crippen molar-refractivity contribution >= 4 is 22.8 Å². The van der Waals surface area contributed by atoms with Crippen LogP contribution in [-0.4, -0.2) is 14.5 Å². The first kappa shape index (κ1) is 12.5. The molecule has 21 heavy (non-hydrogen) atoms. The van der Waals surface area contributed by atoms with Gasteiger partial charge < -0.3 is 0 Å². The Balaban J connectivity index is 2.09. The molecule has 1 aromatic carbocycles. The van der Waals surface area contributed by atoms with Crippen LogP contribution in [0, 0.1) is 0 Å². The molecule has 0 radical (unpaired) electrons. The molecule has 0 saturated heterocycles. The molecule has 0 amide bonds. The van der Waals surface area contributed by atoms with E-state index in [1.54, 1.807) is 16.8 Å². The maximum Gasteiger partial charge on any atom is 0.279 e. The van der Waals surface area contributed by atoms with Crippen molar-refractivity contribution in [1.29, 1.82) is 0 Å². The molecular weight excluding hydrogens is 286 g/mol. The van der Waals surface area contributed by atoms with Gasteiger partial charge in [0.05, 0.1) is 5.02 Å². The Morgan fingerprint density at radius 2 is 1.95 bits per heavy atom. The Hall–Kier alpha value is -2.20. The number of halogens is 1. The third-order valence-corrected chi connectivity index (χ3v) is 4.02.